The zero-order valence-corrected chi connectivity index (χ0v) is 27.4. The van der Waals surface area contributed by atoms with E-state index >= 15 is 0 Å². The van der Waals surface area contributed by atoms with Crippen LogP contribution in [0.5, 0.6) is 5.75 Å². The number of fused-ring (bicyclic) bond motifs is 7. The average molecular weight is 655 g/mol. The second-order valence-electron chi connectivity index (χ2n) is 10.6. The van der Waals surface area contributed by atoms with E-state index in [1.807, 2.05) is 24.3 Å². The molecule has 0 saturated carbocycles. The van der Waals surface area contributed by atoms with Gasteiger partial charge in [-0.2, -0.15) is 0 Å². The van der Waals surface area contributed by atoms with E-state index in [1.165, 1.54) is 24.7 Å². The quantitative estimate of drug-likeness (QED) is 0.138. The maximum atomic E-state index is 6.73. The molecule has 3 aliphatic rings. The highest BCUT2D eigenvalue weighted by atomic mass is 32.1. The topological polar surface area (TPSA) is 9.23 Å². The molecule has 0 saturated heterocycles. The molecule has 8 rings (SSSR count). The molecule has 1 nitrogen and oxygen atoms in total. The second-order valence-corrected chi connectivity index (χ2v) is 15.5. The van der Waals surface area contributed by atoms with E-state index in [0.29, 0.717) is 0 Å². The van der Waals surface area contributed by atoms with Crippen molar-refractivity contribution in [3.05, 3.63) is 109 Å². The average Bonchev–Trinajstić information content (AvgIpc) is 3.74. The number of rotatable bonds is 2. The van der Waals surface area contributed by atoms with Crippen molar-refractivity contribution in [1.82, 2.24) is 0 Å². The summed E-state index contributed by atoms with van der Waals surface area (Å²) >= 11 is 28.6. The van der Waals surface area contributed by atoms with Crippen molar-refractivity contribution in [2.75, 3.05) is 0 Å². The highest BCUT2D eigenvalue weighted by Crippen LogP contribution is 2.57. The Hall–Kier alpha value is -2.56. The summed E-state index contributed by atoms with van der Waals surface area (Å²) in [5, 5.41) is 0. The van der Waals surface area contributed by atoms with Crippen LogP contribution in [0.1, 0.15) is 51.4 Å². The first kappa shape index (κ1) is 26.1. The van der Waals surface area contributed by atoms with Gasteiger partial charge in [-0.05, 0) is 38.1 Å². The van der Waals surface area contributed by atoms with Gasteiger partial charge in [0.25, 0.3) is 0 Å². The summed E-state index contributed by atoms with van der Waals surface area (Å²) in [6, 6.07) is 20.8. The number of thiophene rings is 3. The Morgan fingerprint density at radius 1 is 0.634 bits per heavy atom. The number of allylic oxidation sites excluding steroid dienone is 2. The highest BCUT2D eigenvalue weighted by Gasteiger charge is 2.38. The molecule has 0 N–H and O–H groups in total. The van der Waals surface area contributed by atoms with Crippen molar-refractivity contribution in [2.24, 2.45) is 0 Å². The molecule has 5 aromatic rings. The van der Waals surface area contributed by atoms with E-state index in [1.54, 1.807) is 34.0 Å². The molecular weight excluding hydrogens is 637 g/mol. The van der Waals surface area contributed by atoms with Crippen molar-refractivity contribution in [3.8, 4) is 15.5 Å². The van der Waals surface area contributed by atoms with E-state index in [-0.39, 0.29) is 0 Å². The van der Waals surface area contributed by atoms with Gasteiger partial charge in [-0.25, -0.2) is 0 Å². The zero-order valence-electron chi connectivity index (χ0n) is 21.7. The van der Waals surface area contributed by atoms with Crippen LogP contribution in [-0.2, 0) is 5.60 Å². The second kappa shape index (κ2) is 9.22. The molecule has 1 aliphatic heterocycles. The maximum Gasteiger partial charge on any atom is 0.157 e. The predicted molar refractivity (Wildman–Crippen MR) is 192 cm³/mol. The van der Waals surface area contributed by atoms with Gasteiger partial charge in [-0.1, -0.05) is 97.4 Å². The van der Waals surface area contributed by atoms with Crippen LogP contribution in [0.15, 0.2) is 71.8 Å². The molecule has 2 aliphatic carbocycles. The maximum absolute atomic E-state index is 6.73. The summed E-state index contributed by atoms with van der Waals surface area (Å²) < 4.78 is 9.12. The smallest absolute Gasteiger partial charge is 0.157 e. The molecule has 8 heteroatoms. The van der Waals surface area contributed by atoms with Crippen LogP contribution in [0.2, 0.25) is 0 Å². The number of hydrogen-bond acceptors (Lipinski definition) is 8. The Bertz CT molecular complexity index is 2050. The summed E-state index contributed by atoms with van der Waals surface area (Å²) in [5.41, 5.74) is 6.87. The first-order valence-electron chi connectivity index (χ1n) is 12.9. The molecule has 0 spiro atoms. The normalized spacial score (nSPS) is 16.5. The molecule has 0 fully saturated rings. The molecule has 0 amide bonds. The Morgan fingerprint density at radius 3 is 1.63 bits per heavy atom. The van der Waals surface area contributed by atoms with Crippen LogP contribution in [0, 0.1) is 0 Å². The van der Waals surface area contributed by atoms with Crippen LogP contribution in [0.3, 0.4) is 0 Å². The third-order valence-electron chi connectivity index (χ3n) is 7.69. The Balaban J connectivity index is 1.19. The first-order valence-corrected chi connectivity index (χ1v) is 17.0. The van der Waals surface area contributed by atoms with Crippen LogP contribution in [-0.4, -0.2) is 19.5 Å². The van der Waals surface area contributed by atoms with E-state index in [0.717, 1.165) is 68.4 Å². The third kappa shape index (κ3) is 3.86. The lowest BCUT2D eigenvalue weighted by atomic mass is 9.95. The molecular formula is C33H18OS7. The number of hydrogen-bond donors (Lipinski definition) is 0. The number of benzene rings is 2. The van der Waals surface area contributed by atoms with Crippen molar-refractivity contribution < 1.29 is 4.74 Å². The Labute approximate surface area is 270 Å². The number of ether oxygens (including phenoxy) is 1. The molecule has 4 heterocycles. The molecule has 2 aromatic carbocycles. The minimum atomic E-state index is -0.470. The fourth-order valence-corrected chi connectivity index (χ4v) is 11.0. The summed E-state index contributed by atoms with van der Waals surface area (Å²) in [6.45, 7) is 4.29. The van der Waals surface area contributed by atoms with Gasteiger partial charge in [0.2, 0.25) is 0 Å². The monoisotopic (exact) mass is 654 g/mol. The zero-order chi connectivity index (χ0) is 28.2. The summed E-state index contributed by atoms with van der Waals surface area (Å²) in [4.78, 5) is 8.04. The lowest BCUT2D eigenvalue weighted by molar-refractivity contribution is 0.109. The lowest BCUT2D eigenvalue weighted by Crippen LogP contribution is -2.27. The molecule has 41 heavy (non-hydrogen) atoms. The van der Waals surface area contributed by atoms with E-state index in [9.17, 15) is 0 Å². The number of thiocarbonyl (C=S) groups is 4. The molecule has 3 aromatic heterocycles. The van der Waals surface area contributed by atoms with Gasteiger partial charge < -0.3 is 4.74 Å². The standard InChI is InChI=1S/C33H18OS7/c1-33(2)23-13-15(11-21-26(35)17-7-3-4-8-18(17)27(21)36)39-30(23)32-25(34-33)31-24(41-32)14-16(40-31)12-22-28(37)19-9-5-6-10-20(19)29(22)38/h3-14H,1-2H3. The van der Waals surface area contributed by atoms with Crippen molar-refractivity contribution in [3.63, 3.8) is 0 Å². The van der Waals surface area contributed by atoms with Crippen molar-refractivity contribution in [1.29, 1.82) is 0 Å². The SMILES string of the molecule is CC1(C)Oc2c(sc3cc(C=C4C(=S)c5ccccc5C4=S)sc23)-c2sc(C=C3C(=S)c4ccccc4C3=S)cc21. The van der Waals surface area contributed by atoms with Crippen LogP contribution >= 0.6 is 82.9 Å². The molecule has 0 atom stereocenters. The fraction of sp³-hybridized carbons (Fsp3) is 0.0909. The van der Waals surface area contributed by atoms with Gasteiger partial charge in [-0.3, -0.25) is 0 Å². The van der Waals surface area contributed by atoms with Gasteiger partial charge >= 0.3 is 0 Å². The van der Waals surface area contributed by atoms with Gasteiger partial charge in [0.05, 0.1) is 38.6 Å². The van der Waals surface area contributed by atoms with E-state index in [4.69, 9.17) is 53.6 Å². The Morgan fingerprint density at radius 2 is 1.12 bits per heavy atom. The summed E-state index contributed by atoms with van der Waals surface area (Å²) in [6.07, 6.45) is 4.31. The van der Waals surface area contributed by atoms with Crippen molar-refractivity contribution in [2.45, 2.75) is 19.4 Å². The molecule has 0 bridgehead atoms. The highest BCUT2D eigenvalue weighted by molar-refractivity contribution is 7.84. The largest absolute Gasteiger partial charge is 0.480 e. The molecule has 198 valence electrons. The van der Waals surface area contributed by atoms with Gasteiger partial charge in [0.1, 0.15) is 5.60 Å². The van der Waals surface area contributed by atoms with Crippen LogP contribution in [0.4, 0.5) is 0 Å². The molecule has 0 radical (unpaired) electrons. The fourth-order valence-electron chi connectivity index (χ4n) is 5.70. The minimum Gasteiger partial charge on any atom is -0.480 e. The Kier molecular flexibility index (Phi) is 5.87. The molecule has 0 unspecified atom stereocenters. The lowest BCUT2D eigenvalue weighted by Gasteiger charge is -2.31. The van der Waals surface area contributed by atoms with Crippen molar-refractivity contribution >= 4 is 124 Å². The summed E-state index contributed by atoms with van der Waals surface area (Å²) in [7, 11) is 0. The van der Waals surface area contributed by atoms with Gasteiger partial charge in [-0.15, -0.1) is 34.0 Å². The van der Waals surface area contributed by atoms with Crippen LogP contribution < -0.4 is 4.74 Å². The van der Waals surface area contributed by atoms with Crippen LogP contribution in [0.25, 0.3) is 31.3 Å². The first-order chi connectivity index (χ1) is 19.7. The van der Waals surface area contributed by atoms with Gasteiger partial charge in [0, 0.05) is 48.7 Å². The predicted octanol–water partition coefficient (Wildman–Crippen LogP) is 10.4. The van der Waals surface area contributed by atoms with E-state index in [2.05, 4.69) is 62.4 Å². The third-order valence-corrected chi connectivity index (χ3v) is 13.0. The summed E-state index contributed by atoms with van der Waals surface area (Å²) in [5.74, 6) is 0.970. The minimum absolute atomic E-state index is 0.470. The van der Waals surface area contributed by atoms with Gasteiger partial charge in [0.15, 0.2) is 5.75 Å². The van der Waals surface area contributed by atoms with E-state index < -0.39 is 5.60 Å².